The van der Waals surface area contributed by atoms with Crippen LogP contribution in [-0.2, 0) is 0 Å². The Morgan fingerprint density at radius 1 is 1.06 bits per heavy atom. The second kappa shape index (κ2) is 5.04. The Kier molecular flexibility index (Phi) is 3.25. The first-order valence-electron chi connectivity index (χ1n) is 4.85. The summed E-state index contributed by atoms with van der Waals surface area (Å²) in [5.74, 6) is 0.919. The molecule has 0 aliphatic rings. The summed E-state index contributed by atoms with van der Waals surface area (Å²) in [7, 11) is 0. The van der Waals surface area contributed by atoms with Gasteiger partial charge in [-0.1, -0.05) is 36.4 Å². The molecule has 2 N–H and O–H groups in total. The first-order valence-corrected chi connectivity index (χ1v) is 4.85. The van der Waals surface area contributed by atoms with Gasteiger partial charge in [0.2, 0.25) is 0 Å². The van der Waals surface area contributed by atoms with Crippen LogP contribution in [0.2, 0.25) is 0 Å². The molecular formula is C12H11N3O. The molecule has 0 saturated heterocycles. The van der Waals surface area contributed by atoms with E-state index in [0.29, 0.717) is 11.7 Å². The minimum Gasteiger partial charge on any atom is -0.290 e. The maximum absolute atomic E-state index is 9.03. The molecule has 0 spiro atoms. The lowest BCUT2D eigenvalue weighted by Gasteiger charge is -2.03. The van der Waals surface area contributed by atoms with Crippen LogP contribution < -0.4 is 5.48 Å². The van der Waals surface area contributed by atoms with Crippen molar-refractivity contribution in [3.05, 3.63) is 60.3 Å². The molecule has 0 fully saturated rings. The van der Waals surface area contributed by atoms with Crippen LogP contribution in [0.4, 0.5) is 5.82 Å². The van der Waals surface area contributed by atoms with Gasteiger partial charge in [-0.2, -0.15) is 0 Å². The van der Waals surface area contributed by atoms with Crippen LogP contribution in [0, 0.1) is 0 Å². The molecule has 80 valence electrons. The fourth-order valence-electron chi connectivity index (χ4n) is 1.28. The van der Waals surface area contributed by atoms with Gasteiger partial charge >= 0.3 is 0 Å². The van der Waals surface area contributed by atoms with E-state index < -0.39 is 0 Å². The summed E-state index contributed by atoms with van der Waals surface area (Å²) in [5, 5.41) is 9.03. The summed E-state index contributed by atoms with van der Waals surface area (Å²) < 4.78 is 0. The summed E-state index contributed by atoms with van der Waals surface area (Å²) in [5.41, 5.74) is 2.88. The van der Waals surface area contributed by atoms with Gasteiger partial charge < -0.3 is 0 Å². The van der Waals surface area contributed by atoms with Gasteiger partial charge in [-0.05, 0) is 12.1 Å². The number of aliphatic imine (C=N–C) groups is 1. The summed E-state index contributed by atoms with van der Waals surface area (Å²) in [6, 6.07) is 14.8. The van der Waals surface area contributed by atoms with E-state index >= 15 is 0 Å². The third-order valence-electron chi connectivity index (χ3n) is 2.03. The van der Waals surface area contributed by atoms with Crippen LogP contribution in [0.25, 0.3) is 0 Å². The number of pyridine rings is 1. The number of benzene rings is 1. The van der Waals surface area contributed by atoms with Crippen molar-refractivity contribution in [2.24, 2.45) is 4.99 Å². The topological polar surface area (TPSA) is 57.5 Å². The summed E-state index contributed by atoms with van der Waals surface area (Å²) in [4.78, 5) is 8.25. The number of hydrogen-bond donors (Lipinski definition) is 2. The summed E-state index contributed by atoms with van der Waals surface area (Å²) in [6.07, 6.45) is 1.65. The van der Waals surface area contributed by atoms with Crippen molar-refractivity contribution in [2.45, 2.75) is 0 Å². The predicted octanol–water partition coefficient (Wildman–Crippen LogP) is 2.14. The molecule has 0 saturated carbocycles. The van der Waals surface area contributed by atoms with E-state index in [9.17, 15) is 0 Å². The molecule has 16 heavy (non-hydrogen) atoms. The average molecular weight is 213 g/mol. The van der Waals surface area contributed by atoms with Crippen molar-refractivity contribution in [2.75, 3.05) is 0 Å². The molecule has 0 aliphatic heterocycles. The lowest BCUT2D eigenvalue weighted by Crippen LogP contribution is -2.19. The number of hydrogen-bond acceptors (Lipinski definition) is 3. The smallest absolute Gasteiger partial charge is 0.159 e. The van der Waals surface area contributed by atoms with E-state index in [2.05, 4.69) is 15.5 Å². The SMILES string of the molecule is ON/C(=N\c1ccccn1)c1ccccc1. The Morgan fingerprint density at radius 3 is 2.44 bits per heavy atom. The largest absolute Gasteiger partial charge is 0.290 e. The van der Waals surface area contributed by atoms with E-state index in [1.807, 2.05) is 42.5 Å². The predicted molar refractivity (Wildman–Crippen MR) is 61.8 cm³/mol. The van der Waals surface area contributed by atoms with Crippen molar-refractivity contribution in [1.29, 1.82) is 0 Å². The normalized spacial score (nSPS) is 11.2. The molecule has 1 heterocycles. The van der Waals surface area contributed by atoms with Crippen LogP contribution in [0.5, 0.6) is 0 Å². The molecule has 0 unspecified atom stereocenters. The molecule has 4 heteroatoms. The maximum Gasteiger partial charge on any atom is 0.159 e. The number of amidine groups is 1. The fourth-order valence-corrected chi connectivity index (χ4v) is 1.28. The second-order valence-electron chi connectivity index (χ2n) is 3.13. The fraction of sp³-hybridized carbons (Fsp3) is 0. The molecule has 0 radical (unpaired) electrons. The highest BCUT2D eigenvalue weighted by molar-refractivity contribution is 5.99. The highest BCUT2D eigenvalue weighted by Gasteiger charge is 2.01. The lowest BCUT2D eigenvalue weighted by molar-refractivity contribution is 0.235. The zero-order chi connectivity index (χ0) is 11.2. The minimum atomic E-state index is 0.374. The summed E-state index contributed by atoms with van der Waals surface area (Å²) in [6.45, 7) is 0. The van der Waals surface area contributed by atoms with Crippen molar-refractivity contribution in [3.63, 3.8) is 0 Å². The highest BCUT2D eigenvalue weighted by Crippen LogP contribution is 2.08. The van der Waals surface area contributed by atoms with Gasteiger partial charge in [-0.15, -0.1) is 0 Å². The van der Waals surface area contributed by atoms with Crippen molar-refractivity contribution < 1.29 is 5.21 Å². The van der Waals surface area contributed by atoms with Crippen LogP contribution in [-0.4, -0.2) is 16.0 Å². The van der Waals surface area contributed by atoms with Crippen LogP contribution >= 0.6 is 0 Å². The third-order valence-corrected chi connectivity index (χ3v) is 2.03. The summed E-state index contributed by atoms with van der Waals surface area (Å²) >= 11 is 0. The Morgan fingerprint density at radius 2 is 1.81 bits per heavy atom. The number of aromatic nitrogens is 1. The van der Waals surface area contributed by atoms with E-state index in [1.54, 1.807) is 12.3 Å². The molecule has 2 aromatic rings. The van der Waals surface area contributed by atoms with Gasteiger partial charge in [-0.25, -0.2) is 9.98 Å². The first kappa shape index (κ1) is 10.3. The zero-order valence-corrected chi connectivity index (χ0v) is 8.54. The molecule has 2 rings (SSSR count). The minimum absolute atomic E-state index is 0.374. The van der Waals surface area contributed by atoms with E-state index in [4.69, 9.17) is 5.21 Å². The molecule has 0 amide bonds. The standard InChI is InChI=1S/C12H11N3O/c16-15-12(10-6-2-1-3-7-10)14-11-8-4-5-9-13-11/h1-9,16H,(H,13,14,15). The van der Waals surface area contributed by atoms with E-state index in [0.717, 1.165) is 5.56 Å². The Hall–Kier alpha value is -2.20. The van der Waals surface area contributed by atoms with Gasteiger partial charge in [0, 0.05) is 11.8 Å². The lowest BCUT2D eigenvalue weighted by atomic mass is 10.2. The van der Waals surface area contributed by atoms with Crippen molar-refractivity contribution >= 4 is 11.7 Å². The molecule has 4 nitrogen and oxygen atoms in total. The van der Waals surface area contributed by atoms with Crippen molar-refractivity contribution in [3.8, 4) is 0 Å². The second-order valence-corrected chi connectivity index (χ2v) is 3.13. The van der Waals surface area contributed by atoms with Gasteiger partial charge in [-0.3, -0.25) is 10.7 Å². The maximum atomic E-state index is 9.03. The number of rotatable bonds is 2. The van der Waals surface area contributed by atoms with E-state index in [-0.39, 0.29) is 0 Å². The third kappa shape index (κ3) is 2.43. The van der Waals surface area contributed by atoms with Crippen molar-refractivity contribution in [1.82, 2.24) is 10.5 Å². The van der Waals surface area contributed by atoms with Crippen LogP contribution in [0.1, 0.15) is 5.56 Å². The quantitative estimate of drug-likeness (QED) is 0.456. The molecular weight excluding hydrogens is 202 g/mol. The Bertz CT molecular complexity index is 468. The molecule has 0 bridgehead atoms. The Labute approximate surface area is 93.3 Å². The van der Waals surface area contributed by atoms with E-state index in [1.165, 1.54) is 0 Å². The molecule has 0 aliphatic carbocycles. The number of nitrogens with zero attached hydrogens (tertiary/aromatic N) is 2. The van der Waals surface area contributed by atoms with Crippen LogP contribution in [0.15, 0.2) is 59.7 Å². The zero-order valence-electron chi connectivity index (χ0n) is 8.54. The Balaban J connectivity index is 2.34. The number of hydroxylamine groups is 1. The monoisotopic (exact) mass is 213 g/mol. The van der Waals surface area contributed by atoms with Gasteiger partial charge in [0.15, 0.2) is 11.7 Å². The van der Waals surface area contributed by atoms with Gasteiger partial charge in [0.1, 0.15) is 0 Å². The average Bonchev–Trinajstić information content (AvgIpc) is 2.38. The van der Waals surface area contributed by atoms with Crippen LogP contribution in [0.3, 0.4) is 0 Å². The molecule has 1 aromatic carbocycles. The highest BCUT2D eigenvalue weighted by atomic mass is 16.5. The molecule has 1 aromatic heterocycles. The molecule has 0 atom stereocenters. The van der Waals surface area contributed by atoms with Gasteiger partial charge in [0.25, 0.3) is 0 Å². The number of nitrogens with one attached hydrogen (secondary N) is 1. The van der Waals surface area contributed by atoms with Gasteiger partial charge in [0.05, 0.1) is 0 Å². The first-order chi connectivity index (χ1) is 7.90.